The van der Waals surface area contributed by atoms with Crippen LogP contribution < -0.4 is 5.73 Å². The first kappa shape index (κ1) is 12.0. The monoisotopic (exact) mass is 237 g/mol. The van der Waals surface area contributed by atoms with Crippen molar-refractivity contribution >= 4 is 17.6 Å². The van der Waals surface area contributed by atoms with E-state index in [4.69, 9.17) is 5.73 Å². The van der Waals surface area contributed by atoms with Gasteiger partial charge in [0.2, 0.25) is 0 Å². The largest absolute Gasteiger partial charge is 0.399 e. The van der Waals surface area contributed by atoms with Gasteiger partial charge in [-0.25, -0.2) is 0 Å². The molecule has 2 rings (SSSR count). The molecule has 0 saturated heterocycles. The summed E-state index contributed by atoms with van der Waals surface area (Å²) >= 11 is 0. The Labute approximate surface area is 107 Å². The summed E-state index contributed by atoms with van der Waals surface area (Å²) in [4.78, 5) is 0. The SMILES string of the molecule is C/C(=N\N=C\c1ccccc1)c1cccc(N)c1. The molecule has 0 atom stereocenters. The highest BCUT2D eigenvalue weighted by Gasteiger charge is 1.96. The minimum Gasteiger partial charge on any atom is -0.399 e. The number of rotatable bonds is 3. The summed E-state index contributed by atoms with van der Waals surface area (Å²) in [5.74, 6) is 0. The van der Waals surface area contributed by atoms with E-state index in [0.717, 1.165) is 22.5 Å². The molecule has 0 heterocycles. The van der Waals surface area contributed by atoms with Crippen molar-refractivity contribution in [1.29, 1.82) is 0 Å². The van der Waals surface area contributed by atoms with E-state index in [1.165, 1.54) is 0 Å². The van der Waals surface area contributed by atoms with Gasteiger partial charge in [0.1, 0.15) is 0 Å². The van der Waals surface area contributed by atoms with Gasteiger partial charge in [-0.15, -0.1) is 0 Å². The second-order valence-corrected chi connectivity index (χ2v) is 3.97. The van der Waals surface area contributed by atoms with Gasteiger partial charge < -0.3 is 5.73 Å². The molecule has 0 unspecified atom stereocenters. The Balaban J connectivity index is 2.12. The van der Waals surface area contributed by atoms with Crippen LogP contribution in [0.25, 0.3) is 0 Å². The number of nitrogens with two attached hydrogens (primary N) is 1. The fourth-order valence-corrected chi connectivity index (χ4v) is 1.54. The molecule has 2 aromatic carbocycles. The van der Waals surface area contributed by atoms with Gasteiger partial charge in [0.15, 0.2) is 0 Å². The van der Waals surface area contributed by atoms with Crippen molar-refractivity contribution in [2.75, 3.05) is 5.73 Å². The normalized spacial score (nSPS) is 11.9. The Hall–Kier alpha value is -2.42. The summed E-state index contributed by atoms with van der Waals surface area (Å²) < 4.78 is 0. The Morgan fingerprint density at radius 3 is 2.56 bits per heavy atom. The zero-order chi connectivity index (χ0) is 12.8. The average Bonchev–Trinajstić information content (AvgIpc) is 2.40. The summed E-state index contributed by atoms with van der Waals surface area (Å²) in [6.07, 6.45) is 1.73. The van der Waals surface area contributed by atoms with Gasteiger partial charge in [0.05, 0.1) is 11.9 Å². The molecule has 0 bridgehead atoms. The Morgan fingerprint density at radius 1 is 1.06 bits per heavy atom. The first-order valence-electron chi connectivity index (χ1n) is 5.74. The van der Waals surface area contributed by atoms with Crippen molar-refractivity contribution in [2.24, 2.45) is 10.2 Å². The van der Waals surface area contributed by atoms with Crippen molar-refractivity contribution in [2.45, 2.75) is 6.92 Å². The van der Waals surface area contributed by atoms with Crippen molar-refractivity contribution in [1.82, 2.24) is 0 Å². The summed E-state index contributed by atoms with van der Waals surface area (Å²) in [5.41, 5.74) is 9.31. The van der Waals surface area contributed by atoms with Gasteiger partial charge in [0.25, 0.3) is 0 Å². The first-order valence-corrected chi connectivity index (χ1v) is 5.74. The van der Waals surface area contributed by atoms with Gasteiger partial charge in [-0.2, -0.15) is 10.2 Å². The number of nitrogen functional groups attached to an aromatic ring is 1. The Kier molecular flexibility index (Phi) is 3.86. The lowest BCUT2D eigenvalue weighted by Crippen LogP contribution is -1.95. The molecule has 0 aromatic heterocycles. The molecule has 0 aliphatic heterocycles. The Bertz CT molecular complexity index is 571. The van der Waals surface area contributed by atoms with E-state index in [0.29, 0.717) is 0 Å². The molecule has 0 saturated carbocycles. The Morgan fingerprint density at radius 2 is 1.83 bits per heavy atom. The average molecular weight is 237 g/mol. The van der Waals surface area contributed by atoms with Crippen LogP contribution in [0.5, 0.6) is 0 Å². The molecule has 18 heavy (non-hydrogen) atoms. The molecule has 0 aliphatic carbocycles. The third-order valence-corrected chi connectivity index (χ3v) is 2.52. The molecular weight excluding hydrogens is 222 g/mol. The maximum Gasteiger partial charge on any atom is 0.0672 e. The van der Waals surface area contributed by atoms with Crippen LogP contribution in [0.3, 0.4) is 0 Å². The van der Waals surface area contributed by atoms with E-state index in [1.807, 2.05) is 61.5 Å². The summed E-state index contributed by atoms with van der Waals surface area (Å²) in [6.45, 7) is 1.91. The van der Waals surface area contributed by atoms with Crippen molar-refractivity contribution in [3.63, 3.8) is 0 Å². The molecule has 0 fully saturated rings. The van der Waals surface area contributed by atoms with Gasteiger partial charge in [-0.05, 0) is 30.2 Å². The quantitative estimate of drug-likeness (QED) is 0.497. The van der Waals surface area contributed by atoms with E-state index in [-0.39, 0.29) is 0 Å². The van der Waals surface area contributed by atoms with Crippen LogP contribution in [0.15, 0.2) is 64.8 Å². The summed E-state index contributed by atoms with van der Waals surface area (Å²) in [5, 5.41) is 8.23. The second-order valence-electron chi connectivity index (χ2n) is 3.97. The highest BCUT2D eigenvalue weighted by Crippen LogP contribution is 2.07. The predicted octanol–water partition coefficient (Wildman–Crippen LogP) is 3.11. The number of anilines is 1. The molecule has 0 aliphatic rings. The van der Waals surface area contributed by atoms with Gasteiger partial charge in [-0.3, -0.25) is 0 Å². The molecule has 90 valence electrons. The highest BCUT2D eigenvalue weighted by atomic mass is 15.2. The lowest BCUT2D eigenvalue weighted by molar-refractivity contribution is 1.24. The van der Waals surface area contributed by atoms with Crippen LogP contribution in [0.1, 0.15) is 18.1 Å². The summed E-state index contributed by atoms with van der Waals surface area (Å²) in [6, 6.07) is 17.5. The molecule has 2 N–H and O–H groups in total. The fourth-order valence-electron chi connectivity index (χ4n) is 1.54. The van der Waals surface area contributed by atoms with E-state index in [9.17, 15) is 0 Å². The van der Waals surface area contributed by atoms with Gasteiger partial charge >= 0.3 is 0 Å². The molecule has 2 aromatic rings. The van der Waals surface area contributed by atoms with E-state index < -0.39 is 0 Å². The van der Waals surface area contributed by atoms with Crippen molar-refractivity contribution < 1.29 is 0 Å². The van der Waals surface area contributed by atoms with Crippen LogP contribution in [-0.4, -0.2) is 11.9 Å². The topological polar surface area (TPSA) is 50.7 Å². The lowest BCUT2D eigenvalue weighted by Gasteiger charge is -1.99. The second kappa shape index (κ2) is 5.77. The number of nitrogens with zero attached hydrogens (tertiary/aromatic N) is 2. The maximum absolute atomic E-state index is 5.72. The van der Waals surface area contributed by atoms with Crippen LogP contribution in [0, 0.1) is 0 Å². The standard InChI is InChI=1S/C15H15N3/c1-12(14-8-5-9-15(16)10-14)18-17-11-13-6-3-2-4-7-13/h2-11H,16H2,1H3/b17-11+,18-12+. The van der Waals surface area contributed by atoms with Crippen LogP contribution in [-0.2, 0) is 0 Å². The van der Waals surface area contributed by atoms with Gasteiger partial charge in [0, 0.05) is 5.69 Å². The minimum absolute atomic E-state index is 0.731. The molecule has 0 amide bonds. The molecule has 0 radical (unpaired) electrons. The molecule has 3 nitrogen and oxygen atoms in total. The summed E-state index contributed by atoms with van der Waals surface area (Å²) in [7, 11) is 0. The predicted molar refractivity (Wildman–Crippen MR) is 77.1 cm³/mol. The van der Waals surface area contributed by atoms with Crippen LogP contribution >= 0.6 is 0 Å². The zero-order valence-electron chi connectivity index (χ0n) is 10.2. The lowest BCUT2D eigenvalue weighted by atomic mass is 10.1. The maximum atomic E-state index is 5.72. The van der Waals surface area contributed by atoms with E-state index in [2.05, 4.69) is 10.2 Å². The molecule has 3 heteroatoms. The molecular formula is C15H15N3. The number of hydrogen-bond acceptors (Lipinski definition) is 3. The van der Waals surface area contributed by atoms with Crippen LogP contribution in [0.2, 0.25) is 0 Å². The van der Waals surface area contributed by atoms with Crippen molar-refractivity contribution in [3.05, 3.63) is 65.7 Å². The third kappa shape index (κ3) is 3.28. The smallest absolute Gasteiger partial charge is 0.0672 e. The van der Waals surface area contributed by atoms with E-state index in [1.54, 1.807) is 6.21 Å². The minimum atomic E-state index is 0.731. The highest BCUT2D eigenvalue weighted by molar-refractivity contribution is 5.99. The third-order valence-electron chi connectivity index (χ3n) is 2.52. The zero-order valence-corrected chi connectivity index (χ0v) is 10.2. The fraction of sp³-hybridized carbons (Fsp3) is 0.0667. The number of hydrogen-bond donors (Lipinski definition) is 1. The van der Waals surface area contributed by atoms with Gasteiger partial charge in [-0.1, -0.05) is 42.5 Å². The van der Waals surface area contributed by atoms with Crippen molar-refractivity contribution in [3.8, 4) is 0 Å². The number of benzene rings is 2. The van der Waals surface area contributed by atoms with E-state index >= 15 is 0 Å². The van der Waals surface area contributed by atoms with Crippen LogP contribution in [0.4, 0.5) is 5.69 Å². The first-order chi connectivity index (χ1) is 8.75. The molecule has 0 spiro atoms.